The summed E-state index contributed by atoms with van der Waals surface area (Å²) in [5, 5.41) is 8.36. The first kappa shape index (κ1) is 20.1. The first-order valence-electron chi connectivity index (χ1n) is 9.86. The van der Waals surface area contributed by atoms with E-state index in [1.165, 1.54) is 0 Å². The highest BCUT2D eigenvalue weighted by Gasteiger charge is 2.19. The van der Waals surface area contributed by atoms with Gasteiger partial charge in [-0.3, -0.25) is 4.79 Å². The molecule has 4 rings (SSSR count). The van der Waals surface area contributed by atoms with E-state index < -0.39 is 0 Å². The van der Waals surface area contributed by atoms with Crippen molar-refractivity contribution in [1.29, 1.82) is 0 Å². The minimum absolute atomic E-state index is 0.0514. The smallest absolute Gasteiger partial charge is 0.224 e. The molecule has 0 unspecified atom stereocenters. The minimum Gasteiger partial charge on any atom is -0.352 e. The molecular formula is C24H23ClN4O. The van der Waals surface area contributed by atoms with E-state index in [-0.39, 0.29) is 12.3 Å². The van der Waals surface area contributed by atoms with Crippen molar-refractivity contribution < 1.29 is 4.79 Å². The summed E-state index contributed by atoms with van der Waals surface area (Å²) in [6.45, 7) is 6.39. The van der Waals surface area contributed by atoms with Crippen LogP contribution in [0.25, 0.3) is 16.8 Å². The monoisotopic (exact) mass is 418 g/mol. The van der Waals surface area contributed by atoms with E-state index >= 15 is 0 Å². The van der Waals surface area contributed by atoms with Gasteiger partial charge in [-0.1, -0.05) is 54.1 Å². The number of hydrogen-bond donors (Lipinski definition) is 1. The zero-order chi connectivity index (χ0) is 21.3. The number of halogens is 1. The van der Waals surface area contributed by atoms with Crippen LogP contribution < -0.4 is 5.32 Å². The lowest BCUT2D eigenvalue weighted by atomic mass is 10.1. The standard InChI is InChI=1S/C24H23ClN4O/c1-15-21(13-22(30)26-14-18-9-11-20(25)12-10-18)17(3)29-24(27-15)23(16(2)28-29)19-7-5-4-6-8-19/h4-12H,13-14H2,1-3H3,(H,26,30). The second kappa shape index (κ2) is 8.28. The zero-order valence-corrected chi connectivity index (χ0v) is 18.0. The molecule has 0 fully saturated rings. The number of benzene rings is 2. The Balaban J connectivity index is 1.60. The molecule has 0 spiro atoms. The highest BCUT2D eigenvalue weighted by Crippen LogP contribution is 2.29. The van der Waals surface area contributed by atoms with Crippen LogP contribution in [0.4, 0.5) is 0 Å². The van der Waals surface area contributed by atoms with Crippen molar-refractivity contribution in [1.82, 2.24) is 19.9 Å². The molecule has 0 bridgehead atoms. The van der Waals surface area contributed by atoms with Gasteiger partial charge in [0.1, 0.15) is 0 Å². The van der Waals surface area contributed by atoms with E-state index in [0.717, 1.165) is 45.0 Å². The van der Waals surface area contributed by atoms with Gasteiger partial charge in [0.25, 0.3) is 0 Å². The van der Waals surface area contributed by atoms with Gasteiger partial charge in [-0.05, 0) is 44.0 Å². The number of amides is 1. The van der Waals surface area contributed by atoms with E-state index in [1.807, 2.05) is 67.8 Å². The Hall–Kier alpha value is -3.18. The number of nitrogens with zero attached hydrogens (tertiary/aromatic N) is 3. The Bertz CT molecular complexity index is 1210. The highest BCUT2D eigenvalue weighted by atomic mass is 35.5. The Kier molecular flexibility index (Phi) is 5.55. The van der Waals surface area contributed by atoms with Crippen molar-refractivity contribution in [3.8, 4) is 11.1 Å². The van der Waals surface area contributed by atoms with Crippen LogP contribution in [0.1, 0.15) is 28.2 Å². The largest absolute Gasteiger partial charge is 0.352 e. The Labute approximate surface area is 180 Å². The Morgan fingerprint density at radius 3 is 2.40 bits per heavy atom. The van der Waals surface area contributed by atoms with Gasteiger partial charge in [-0.15, -0.1) is 0 Å². The third-order valence-electron chi connectivity index (χ3n) is 5.30. The summed E-state index contributed by atoms with van der Waals surface area (Å²) in [5.74, 6) is -0.0514. The van der Waals surface area contributed by atoms with Gasteiger partial charge in [-0.2, -0.15) is 5.10 Å². The van der Waals surface area contributed by atoms with Crippen LogP contribution in [-0.4, -0.2) is 20.5 Å². The molecule has 0 saturated carbocycles. The number of fused-ring (bicyclic) bond motifs is 1. The molecule has 2 heterocycles. The molecular weight excluding hydrogens is 396 g/mol. The number of rotatable bonds is 5. The average molecular weight is 419 g/mol. The van der Waals surface area contributed by atoms with Crippen molar-refractivity contribution >= 4 is 23.2 Å². The molecule has 0 atom stereocenters. The number of aryl methyl sites for hydroxylation is 3. The fourth-order valence-electron chi connectivity index (χ4n) is 3.69. The summed E-state index contributed by atoms with van der Waals surface area (Å²) in [6, 6.07) is 17.6. The van der Waals surface area contributed by atoms with Gasteiger partial charge in [0.05, 0.1) is 12.1 Å². The molecule has 0 radical (unpaired) electrons. The number of hydrogen-bond acceptors (Lipinski definition) is 3. The van der Waals surface area contributed by atoms with Crippen LogP contribution in [0, 0.1) is 20.8 Å². The molecule has 0 aliphatic heterocycles. The predicted octanol–water partition coefficient (Wildman–Crippen LogP) is 4.83. The highest BCUT2D eigenvalue weighted by molar-refractivity contribution is 6.30. The predicted molar refractivity (Wildman–Crippen MR) is 120 cm³/mol. The maximum atomic E-state index is 12.6. The lowest BCUT2D eigenvalue weighted by Crippen LogP contribution is -2.25. The Morgan fingerprint density at radius 1 is 1.00 bits per heavy atom. The molecule has 152 valence electrons. The van der Waals surface area contributed by atoms with Crippen molar-refractivity contribution in [2.24, 2.45) is 0 Å². The Morgan fingerprint density at radius 2 is 1.70 bits per heavy atom. The van der Waals surface area contributed by atoms with Gasteiger partial charge in [0.2, 0.25) is 5.91 Å². The van der Waals surface area contributed by atoms with Gasteiger partial charge in [-0.25, -0.2) is 9.50 Å². The summed E-state index contributed by atoms with van der Waals surface area (Å²) in [7, 11) is 0. The van der Waals surface area contributed by atoms with Crippen molar-refractivity contribution in [3.63, 3.8) is 0 Å². The second-order valence-electron chi connectivity index (χ2n) is 7.40. The van der Waals surface area contributed by atoms with Crippen molar-refractivity contribution in [2.75, 3.05) is 0 Å². The van der Waals surface area contributed by atoms with Crippen LogP contribution in [0.3, 0.4) is 0 Å². The molecule has 6 heteroatoms. The third-order valence-corrected chi connectivity index (χ3v) is 5.56. The average Bonchev–Trinajstić information content (AvgIpc) is 3.07. The van der Waals surface area contributed by atoms with Crippen LogP contribution in [0.5, 0.6) is 0 Å². The maximum Gasteiger partial charge on any atom is 0.224 e. The van der Waals surface area contributed by atoms with E-state index in [4.69, 9.17) is 21.7 Å². The van der Waals surface area contributed by atoms with Crippen molar-refractivity contribution in [2.45, 2.75) is 33.7 Å². The van der Waals surface area contributed by atoms with E-state index in [0.29, 0.717) is 11.6 Å². The third kappa shape index (κ3) is 3.94. The maximum absolute atomic E-state index is 12.6. The van der Waals surface area contributed by atoms with E-state index in [9.17, 15) is 4.79 Å². The molecule has 0 aliphatic rings. The topological polar surface area (TPSA) is 59.3 Å². The van der Waals surface area contributed by atoms with Gasteiger partial charge in [0, 0.05) is 34.1 Å². The summed E-state index contributed by atoms with van der Waals surface area (Å²) in [4.78, 5) is 17.4. The number of aromatic nitrogens is 3. The van der Waals surface area contributed by atoms with E-state index in [2.05, 4.69) is 17.4 Å². The van der Waals surface area contributed by atoms with Gasteiger partial charge in [0.15, 0.2) is 5.65 Å². The second-order valence-corrected chi connectivity index (χ2v) is 7.84. The van der Waals surface area contributed by atoms with Crippen molar-refractivity contribution in [3.05, 3.63) is 87.8 Å². The molecule has 5 nitrogen and oxygen atoms in total. The fourth-order valence-corrected chi connectivity index (χ4v) is 3.82. The zero-order valence-electron chi connectivity index (χ0n) is 17.2. The molecule has 1 amide bonds. The minimum atomic E-state index is -0.0514. The molecule has 2 aromatic heterocycles. The fraction of sp³-hybridized carbons (Fsp3) is 0.208. The summed E-state index contributed by atoms with van der Waals surface area (Å²) < 4.78 is 1.85. The molecule has 4 aromatic rings. The molecule has 1 N–H and O–H groups in total. The van der Waals surface area contributed by atoms with Crippen LogP contribution in [0.15, 0.2) is 54.6 Å². The van der Waals surface area contributed by atoms with Gasteiger partial charge < -0.3 is 5.32 Å². The van der Waals surface area contributed by atoms with Crippen LogP contribution >= 0.6 is 11.6 Å². The summed E-state index contributed by atoms with van der Waals surface area (Å²) in [6.07, 6.45) is 0.258. The normalized spacial score (nSPS) is 11.1. The number of carbonyl (C=O) groups is 1. The molecule has 0 aliphatic carbocycles. The van der Waals surface area contributed by atoms with Gasteiger partial charge >= 0.3 is 0 Å². The quantitative estimate of drug-likeness (QED) is 0.504. The van der Waals surface area contributed by atoms with Crippen LogP contribution in [0.2, 0.25) is 5.02 Å². The first-order valence-corrected chi connectivity index (χ1v) is 10.2. The number of carbonyl (C=O) groups excluding carboxylic acids is 1. The summed E-state index contributed by atoms with van der Waals surface area (Å²) in [5.41, 5.74) is 7.54. The SMILES string of the molecule is Cc1nc2c(-c3ccccc3)c(C)nn2c(C)c1CC(=O)NCc1ccc(Cl)cc1. The lowest BCUT2D eigenvalue weighted by Gasteiger charge is -2.12. The summed E-state index contributed by atoms with van der Waals surface area (Å²) >= 11 is 5.91. The molecule has 30 heavy (non-hydrogen) atoms. The molecule has 2 aromatic carbocycles. The number of nitrogens with one attached hydrogen (secondary N) is 1. The van der Waals surface area contributed by atoms with E-state index in [1.54, 1.807) is 0 Å². The lowest BCUT2D eigenvalue weighted by molar-refractivity contribution is -0.120. The molecule has 0 saturated heterocycles. The van der Waals surface area contributed by atoms with Crippen LogP contribution in [-0.2, 0) is 17.8 Å². The first-order chi connectivity index (χ1) is 14.4.